The molecule has 0 aliphatic heterocycles. The molecule has 3 aromatic heterocycles. The maximum Gasteiger partial charge on any atom is 0.0799 e. The molecule has 8 rings (SSSR count). The van der Waals surface area contributed by atoms with E-state index >= 15 is 0 Å². The molecule has 2 nitrogen and oxygen atoms in total. The molecule has 5 aromatic carbocycles. The summed E-state index contributed by atoms with van der Waals surface area (Å²) in [5.74, 6) is -1.38. The van der Waals surface area contributed by atoms with Crippen molar-refractivity contribution in [3.05, 3.63) is 138 Å². The molecule has 0 amide bonds. The van der Waals surface area contributed by atoms with Crippen molar-refractivity contribution in [2.75, 3.05) is 0 Å². The first-order valence-electron chi connectivity index (χ1n) is 19.5. The molecule has 0 fully saturated rings. The number of pyridine rings is 2. The van der Waals surface area contributed by atoms with Crippen LogP contribution >= 0.6 is 11.3 Å². The normalized spacial score (nSPS) is 13.8. The number of rotatable bonds is 5. The Hall–Kier alpha value is -3.99. The second-order valence-corrected chi connectivity index (χ2v) is 20.4. The van der Waals surface area contributed by atoms with Gasteiger partial charge in [0.25, 0.3) is 0 Å². The summed E-state index contributed by atoms with van der Waals surface area (Å²) in [7, 11) is -1.50. The molecule has 0 saturated heterocycles. The third kappa shape index (κ3) is 7.36. The van der Waals surface area contributed by atoms with Gasteiger partial charge in [-0.3, -0.25) is 0 Å². The molecule has 1 radical (unpaired) electrons. The molecule has 0 saturated carbocycles. The topological polar surface area (TPSA) is 25.8 Å². The fourth-order valence-corrected chi connectivity index (χ4v) is 9.40. The standard InChI is InChI=1S/C29H22NS.C17H22NSi.Ir/c1-17(2)20-12-13-30-26(15-20)23-11-8-18(3)28-25-14-21-10-9-19-6-4-5-7-22(19)24(21)16-27(25)31-29(23)28;1-13(2)15-11-16(14-9-7-6-8-10-14)18-12-17(15)19(3,4)5;/h4-10,12-17H,1-3H3;6-9,11-13H,1-5H3;/q2*-1;/i3D3,17D;13D;. The second kappa shape index (κ2) is 14.9. The van der Waals surface area contributed by atoms with Crippen LogP contribution < -0.4 is 5.19 Å². The van der Waals surface area contributed by atoms with Gasteiger partial charge in [0.05, 0.1) is 8.07 Å². The minimum Gasteiger partial charge on any atom is -0.305 e. The molecule has 3 heterocycles. The van der Waals surface area contributed by atoms with Crippen LogP contribution in [0.4, 0.5) is 0 Å². The van der Waals surface area contributed by atoms with Crippen LogP contribution in [0.25, 0.3) is 64.2 Å². The summed E-state index contributed by atoms with van der Waals surface area (Å²) in [4.78, 5) is 9.19. The van der Waals surface area contributed by atoms with Crippen molar-refractivity contribution < 1.29 is 27.0 Å². The number of benzene rings is 5. The molecular formula is C46H44IrN2SSi-2. The van der Waals surface area contributed by atoms with Crippen LogP contribution in [0.5, 0.6) is 0 Å². The Morgan fingerprint density at radius 3 is 2.27 bits per heavy atom. The molecular weight excluding hydrogens is 833 g/mol. The molecule has 0 aliphatic carbocycles. The average molecular weight is 882 g/mol. The minimum absolute atomic E-state index is 0. The van der Waals surface area contributed by atoms with Gasteiger partial charge in [-0.15, -0.1) is 59.2 Å². The summed E-state index contributed by atoms with van der Waals surface area (Å²) in [5.41, 5.74) is 5.62. The van der Waals surface area contributed by atoms with Crippen LogP contribution in [0.1, 0.15) is 63.0 Å². The predicted molar refractivity (Wildman–Crippen MR) is 221 cm³/mol. The van der Waals surface area contributed by atoms with E-state index in [1.807, 2.05) is 82.4 Å². The van der Waals surface area contributed by atoms with E-state index in [2.05, 4.69) is 84.2 Å². The van der Waals surface area contributed by atoms with Gasteiger partial charge in [-0.05, 0) is 78.2 Å². The van der Waals surface area contributed by atoms with Gasteiger partial charge in [-0.2, -0.15) is 11.3 Å². The SMILES string of the molecule is [2H]C(C)(C)c1cc(-c2[c-]cccc2)ncc1[Si](C)(C)C.[2H]C([2H])([2H])c1c[c-]c(-c2cc(C([2H])(C)C)ccn2)c2sc3cc4c(ccc5ccccc54)cc3c12.[Ir]. The third-order valence-corrected chi connectivity index (χ3v) is 12.4. The minimum atomic E-state index is -2.27. The van der Waals surface area contributed by atoms with Crippen molar-refractivity contribution in [3.63, 3.8) is 0 Å². The first-order chi connectivity index (χ1) is 25.8. The van der Waals surface area contributed by atoms with Crippen molar-refractivity contribution >= 4 is 66.3 Å². The largest absolute Gasteiger partial charge is 0.305 e. The Bertz CT molecular complexity index is 2710. The van der Waals surface area contributed by atoms with Gasteiger partial charge in [0.1, 0.15) is 0 Å². The Morgan fingerprint density at radius 2 is 1.55 bits per heavy atom. The Labute approximate surface area is 328 Å². The van der Waals surface area contributed by atoms with E-state index in [-0.39, 0.29) is 20.1 Å². The van der Waals surface area contributed by atoms with Crippen molar-refractivity contribution in [2.24, 2.45) is 0 Å². The number of fused-ring (bicyclic) bond motifs is 6. The van der Waals surface area contributed by atoms with Crippen LogP contribution in [-0.2, 0) is 20.1 Å². The molecule has 5 heteroatoms. The van der Waals surface area contributed by atoms with E-state index in [9.17, 15) is 0 Å². The van der Waals surface area contributed by atoms with Gasteiger partial charge >= 0.3 is 0 Å². The zero-order valence-electron chi connectivity index (χ0n) is 35.0. The Morgan fingerprint density at radius 1 is 0.765 bits per heavy atom. The molecule has 0 N–H and O–H groups in total. The molecule has 8 aromatic rings. The van der Waals surface area contributed by atoms with Crippen LogP contribution in [0, 0.1) is 19.0 Å². The second-order valence-electron chi connectivity index (χ2n) is 14.3. The maximum atomic E-state index is 8.44. The molecule has 0 spiro atoms. The van der Waals surface area contributed by atoms with Crippen LogP contribution in [0.2, 0.25) is 19.6 Å². The first kappa shape index (κ1) is 30.6. The molecule has 0 aliphatic rings. The van der Waals surface area contributed by atoms with E-state index in [0.29, 0.717) is 11.3 Å². The first-order valence-corrected chi connectivity index (χ1v) is 21.3. The van der Waals surface area contributed by atoms with Gasteiger partial charge < -0.3 is 9.97 Å². The van der Waals surface area contributed by atoms with Crippen molar-refractivity contribution in [3.8, 4) is 22.5 Å². The number of hydrogen-bond donors (Lipinski definition) is 0. The zero-order chi connectivity index (χ0) is 39.5. The zero-order valence-corrected chi connectivity index (χ0v) is 34.2. The third-order valence-electron chi connectivity index (χ3n) is 9.24. The number of aryl methyl sites for hydroxylation is 1. The molecule has 0 bridgehead atoms. The summed E-state index contributed by atoms with van der Waals surface area (Å²) in [6.45, 7) is 12.2. The molecule has 0 unspecified atom stereocenters. The smallest absolute Gasteiger partial charge is 0.0799 e. The maximum absolute atomic E-state index is 8.44. The molecule has 51 heavy (non-hydrogen) atoms. The van der Waals surface area contributed by atoms with E-state index in [4.69, 9.17) is 6.85 Å². The van der Waals surface area contributed by atoms with E-state index in [0.717, 1.165) is 58.9 Å². The Balaban J connectivity index is 0.000000217. The van der Waals surface area contributed by atoms with Crippen molar-refractivity contribution in [2.45, 2.75) is 66.0 Å². The summed E-state index contributed by atoms with van der Waals surface area (Å²) in [6, 6.07) is 38.6. The van der Waals surface area contributed by atoms with E-state index in [1.165, 1.54) is 16.0 Å². The van der Waals surface area contributed by atoms with E-state index in [1.54, 1.807) is 23.6 Å². The fraction of sp³-hybridized carbons (Fsp3) is 0.217. The summed E-state index contributed by atoms with van der Waals surface area (Å²) in [6.07, 6.45) is 3.69. The van der Waals surface area contributed by atoms with Gasteiger partial charge in [0.15, 0.2) is 0 Å². The summed E-state index contributed by atoms with van der Waals surface area (Å²) in [5, 5.41) is 7.54. The molecule has 0 atom stereocenters. The number of hydrogen-bond acceptors (Lipinski definition) is 3. The van der Waals surface area contributed by atoms with E-state index < -0.39 is 26.7 Å². The van der Waals surface area contributed by atoms with Crippen LogP contribution in [0.15, 0.2) is 109 Å². The quantitative estimate of drug-likeness (QED) is 0.0978. The van der Waals surface area contributed by atoms with Crippen molar-refractivity contribution in [1.82, 2.24) is 9.97 Å². The van der Waals surface area contributed by atoms with Gasteiger partial charge in [-0.1, -0.05) is 119 Å². The number of thiophene rings is 1. The summed E-state index contributed by atoms with van der Waals surface area (Å²) >= 11 is 1.58. The van der Waals surface area contributed by atoms with Crippen molar-refractivity contribution in [1.29, 1.82) is 0 Å². The summed E-state index contributed by atoms with van der Waals surface area (Å²) < 4.78 is 43.4. The number of aromatic nitrogens is 2. The van der Waals surface area contributed by atoms with Gasteiger partial charge in [0.2, 0.25) is 0 Å². The van der Waals surface area contributed by atoms with Gasteiger partial charge in [0, 0.05) is 44.1 Å². The van der Waals surface area contributed by atoms with Crippen LogP contribution in [0.3, 0.4) is 0 Å². The molecule has 259 valence electrons. The fourth-order valence-electron chi connectivity index (χ4n) is 6.56. The average Bonchev–Trinajstić information content (AvgIpc) is 3.51. The Kier molecular flexibility index (Phi) is 8.96. The van der Waals surface area contributed by atoms with Crippen LogP contribution in [-0.4, -0.2) is 18.0 Å². The monoisotopic (exact) mass is 882 g/mol. The number of nitrogens with zero attached hydrogens (tertiary/aromatic N) is 2. The predicted octanol–water partition coefficient (Wildman–Crippen LogP) is 12.9. The van der Waals surface area contributed by atoms with Gasteiger partial charge in [-0.25, -0.2) is 0 Å².